The summed E-state index contributed by atoms with van der Waals surface area (Å²) >= 11 is 0. The van der Waals surface area contributed by atoms with Crippen molar-refractivity contribution in [3.8, 4) is 23.0 Å². The van der Waals surface area contributed by atoms with E-state index in [-0.39, 0.29) is 23.3 Å². The van der Waals surface area contributed by atoms with Crippen LogP contribution in [0, 0.1) is 11.8 Å². The Labute approximate surface area is 275 Å². The van der Waals surface area contributed by atoms with Gasteiger partial charge in [-0.15, -0.1) is 26.3 Å². The summed E-state index contributed by atoms with van der Waals surface area (Å²) in [4.78, 5) is 1.47. The van der Waals surface area contributed by atoms with Gasteiger partial charge in [-0.2, -0.15) is 0 Å². The molecule has 2 fully saturated rings. The van der Waals surface area contributed by atoms with E-state index < -0.39 is 46.3 Å². The Balaban J connectivity index is 1.61. The third-order valence-electron chi connectivity index (χ3n) is 9.36. The molecule has 47 heavy (non-hydrogen) atoms. The van der Waals surface area contributed by atoms with Gasteiger partial charge in [-0.3, -0.25) is 0 Å². The van der Waals surface area contributed by atoms with Crippen LogP contribution < -0.4 is 18.9 Å². The molecule has 2 aliphatic rings. The Hall–Kier alpha value is -3.21. The fourth-order valence-corrected chi connectivity index (χ4v) is 8.86. The number of hydrogen-bond donors (Lipinski definition) is 0. The van der Waals surface area contributed by atoms with Crippen molar-refractivity contribution in [3.63, 3.8) is 0 Å². The van der Waals surface area contributed by atoms with Gasteiger partial charge in [0.25, 0.3) is 0 Å². The lowest BCUT2D eigenvalue weighted by atomic mass is 9.88. The molecule has 0 unspecified atom stereocenters. The molecule has 3 aromatic carbocycles. The first-order chi connectivity index (χ1) is 22.1. The Morgan fingerprint density at radius 1 is 0.532 bits per heavy atom. The molecule has 0 spiro atoms. The number of rotatable bonds is 11. The van der Waals surface area contributed by atoms with Gasteiger partial charge >= 0.3 is 12.7 Å². The van der Waals surface area contributed by atoms with Crippen LogP contribution in [0.3, 0.4) is 0 Å². The van der Waals surface area contributed by atoms with E-state index in [0.717, 1.165) is 25.7 Å². The maximum Gasteiger partial charge on any atom is 0.573 e. The zero-order valence-corrected chi connectivity index (χ0v) is 27.8. The first-order valence-electron chi connectivity index (χ1n) is 16.1. The van der Waals surface area contributed by atoms with Crippen molar-refractivity contribution in [1.82, 2.24) is 0 Å². The zero-order valence-electron chi connectivity index (χ0n) is 27.0. The van der Waals surface area contributed by atoms with E-state index in [1.807, 2.05) is 27.7 Å². The number of alkyl halides is 6. The van der Waals surface area contributed by atoms with Gasteiger partial charge in [-0.05, 0) is 99.6 Å². The van der Waals surface area contributed by atoms with E-state index in [1.54, 1.807) is 42.5 Å². The molecule has 0 amide bonds. The summed E-state index contributed by atoms with van der Waals surface area (Å²) in [5.41, 5.74) is -1.25. The van der Waals surface area contributed by atoms with Gasteiger partial charge in [-0.25, -0.2) is 0 Å². The van der Waals surface area contributed by atoms with Gasteiger partial charge in [0, 0.05) is 12.1 Å². The monoisotopic (exact) mass is 683 g/mol. The van der Waals surface area contributed by atoms with Gasteiger partial charge in [0.05, 0.1) is 10.9 Å². The third kappa shape index (κ3) is 8.27. The lowest BCUT2D eigenvalue weighted by Crippen LogP contribution is -2.38. The molecule has 0 radical (unpaired) electrons. The maximum atomic E-state index is 13.8. The van der Waals surface area contributed by atoms with Crippen molar-refractivity contribution in [2.24, 2.45) is 11.8 Å². The number of ether oxygens (including phenoxy) is 4. The second-order valence-electron chi connectivity index (χ2n) is 13.0. The predicted molar refractivity (Wildman–Crippen MR) is 168 cm³/mol. The molecule has 4 nitrogen and oxygen atoms in total. The van der Waals surface area contributed by atoms with Crippen molar-refractivity contribution in [2.45, 2.75) is 118 Å². The minimum Gasteiger partial charge on any atom is -0.483 e. The summed E-state index contributed by atoms with van der Waals surface area (Å²) in [5.74, 6) is -0.954. The molecule has 256 valence electrons. The number of benzene rings is 3. The molecule has 0 bridgehead atoms. The van der Waals surface area contributed by atoms with Crippen molar-refractivity contribution >= 4 is 10.9 Å². The molecule has 0 heterocycles. The summed E-state index contributed by atoms with van der Waals surface area (Å²) in [7, 11) is -1.16. The molecule has 2 aliphatic carbocycles. The number of hydrogen-bond acceptors (Lipinski definition) is 4. The van der Waals surface area contributed by atoms with E-state index in [9.17, 15) is 26.3 Å². The smallest absolute Gasteiger partial charge is 0.483 e. The first kappa shape index (κ1) is 35.1. The van der Waals surface area contributed by atoms with Crippen LogP contribution >= 0.6 is 0 Å². The quantitative estimate of drug-likeness (QED) is 0.149. The summed E-state index contributed by atoms with van der Waals surface area (Å²) in [6.07, 6.45) is -3.53. The second kappa shape index (κ2) is 13.7. The summed E-state index contributed by atoms with van der Waals surface area (Å²) in [5, 5.41) is 0. The lowest BCUT2D eigenvalue weighted by molar-refractivity contribution is -0.276. The van der Waals surface area contributed by atoms with Crippen molar-refractivity contribution in [3.05, 3.63) is 66.7 Å². The third-order valence-corrected chi connectivity index (χ3v) is 11.6. The molecule has 3 aromatic rings. The molecular formula is C36H41F6O4S+. The highest BCUT2D eigenvalue weighted by Crippen LogP contribution is 2.48. The Bertz CT molecular complexity index is 1400. The number of halogens is 6. The summed E-state index contributed by atoms with van der Waals surface area (Å²) < 4.78 is 104. The minimum atomic E-state index is -5.00. The largest absolute Gasteiger partial charge is 0.573 e. The summed E-state index contributed by atoms with van der Waals surface area (Å²) in [6.45, 7) is 7.95. The average Bonchev–Trinajstić information content (AvgIpc) is 3.66. The fourth-order valence-electron chi connectivity index (χ4n) is 6.75. The normalized spacial score (nSPS) is 17.8. The first-order valence-corrected chi connectivity index (χ1v) is 17.3. The highest BCUT2D eigenvalue weighted by atomic mass is 32.2. The molecule has 11 heteroatoms. The van der Waals surface area contributed by atoms with Gasteiger partial charge < -0.3 is 18.9 Å². The van der Waals surface area contributed by atoms with Crippen LogP contribution in [0.4, 0.5) is 26.3 Å². The molecule has 0 N–H and O–H groups in total. The standard InChI is InChI=1S/C36H41F6O4S/c1-24(2)33(18-8-9-19-33)43-29-16-14-27(22-31(29)45-35(37,38)39)47(26-12-6-5-7-13-26)28-15-17-30(32(23-28)46-36(40,41)42)44-34(25(3)4)20-10-11-21-34/h5-7,12-17,22-25H,8-11,18-21H2,1-4H3/q+1. The molecule has 0 aliphatic heterocycles. The van der Waals surface area contributed by atoms with Crippen LogP contribution in [0.1, 0.15) is 79.1 Å². The lowest BCUT2D eigenvalue weighted by Gasteiger charge is -2.35. The molecular weight excluding hydrogens is 642 g/mol. The van der Waals surface area contributed by atoms with Crippen LogP contribution in [0.5, 0.6) is 23.0 Å². The van der Waals surface area contributed by atoms with E-state index in [4.69, 9.17) is 9.47 Å². The van der Waals surface area contributed by atoms with Crippen LogP contribution in [0.25, 0.3) is 0 Å². The SMILES string of the molecule is CC(C)C1(Oc2ccc([S+](c3ccccc3)c3ccc(OC4(C(C)C)CCCC4)c(OC(F)(F)F)c3)cc2OC(F)(F)F)CCCC1. The summed E-state index contributed by atoms with van der Waals surface area (Å²) in [6, 6.07) is 17.7. The molecule has 0 atom stereocenters. The molecule has 0 aromatic heterocycles. The average molecular weight is 684 g/mol. The second-order valence-corrected chi connectivity index (χ2v) is 15.0. The molecule has 5 rings (SSSR count). The topological polar surface area (TPSA) is 36.9 Å². The van der Waals surface area contributed by atoms with Crippen molar-refractivity contribution in [1.29, 1.82) is 0 Å². The van der Waals surface area contributed by atoms with Crippen LogP contribution in [-0.2, 0) is 10.9 Å². The van der Waals surface area contributed by atoms with Gasteiger partial charge in [0.15, 0.2) is 37.7 Å². The van der Waals surface area contributed by atoms with Gasteiger partial charge in [-0.1, -0.05) is 45.9 Å². The molecule has 0 saturated heterocycles. The Kier molecular flexibility index (Phi) is 10.3. The Morgan fingerprint density at radius 2 is 0.915 bits per heavy atom. The van der Waals surface area contributed by atoms with Crippen LogP contribution in [-0.4, -0.2) is 23.9 Å². The van der Waals surface area contributed by atoms with Gasteiger partial charge in [0.2, 0.25) is 0 Å². The fraction of sp³-hybridized carbons (Fsp3) is 0.500. The highest BCUT2D eigenvalue weighted by molar-refractivity contribution is 7.97. The molecule has 2 saturated carbocycles. The maximum absolute atomic E-state index is 13.8. The van der Waals surface area contributed by atoms with E-state index in [0.29, 0.717) is 40.4 Å². The van der Waals surface area contributed by atoms with Crippen LogP contribution in [0.2, 0.25) is 0 Å². The minimum absolute atomic E-state index is 0.0290. The van der Waals surface area contributed by atoms with E-state index in [1.165, 1.54) is 24.3 Å². The van der Waals surface area contributed by atoms with Crippen molar-refractivity contribution < 1.29 is 45.3 Å². The van der Waals surface area contributed by atoms with Gasteiger partial charge in [0.1, 0.15) is 11.2 Å². The Morgan fingerprint density at radius 3 is 1.26 bits per heavy atom. The van der Waals surface area contributed by atoms with E-state index >= 15 is 0 Å². The highest BCUT2D eigenvalue weighted by Gasteiger charge is 2.44. The zero-order chi connectivity index (χ0) is 34.0. The van der Waals surface area contributed by atoms with Crippen molar-refractivity contribution in [2.75, 3.05) is 0 Å². The van der Waals surface area contributed by atoms with E-state index in [2.05, 4.69) is 9.47 Å². The van der Waals surface area contributed by atoms with Crippen LogP contribution in [0.15, 0.2) is 81.4 Å². The predicted octanol–water partition coefficient (Wildman–Crippen LogP) is 11.3.